The topological polar surface area (TPSA) is 58.6 Å². The highest BCUT2D eigenvalue weighted by Crippen LogP contribution is 2.22. The summed E-state index contributed by atoms with van der Waals surface area (Å²) in [7, 11) is 1.90. The third-order valence-electron chi connectivity index (χ3n) is 3.08. The molecule has 0 aromatic heterocycles. The number of rotatable bonds is 7. The molecule has 0 aliphatic heterocycles. The van der Waals surface area contributed by atoms with Crippen molar-refractivity contribution in [3.8, 4) is 0 Å². The Morgan fingerprint density at radius 1 is 1.35 bits per heavy atom. The Balaban J connectivity index is 2.95. The lowest BCUT2D eigenvalue weighted by atomic mass is 10.2. The number of hydrogen-bond acceptors (Lipinski definition) is 4. The molecule has 5 nitrogen and oxygen atoms in total. The first-order valence-electron chi connectivity index (χ1n) is 6.57. The van der Waals surface area contributed by atoms with E-state index < -0.39 is 10.0 Å². The summed E-state index contributed by atoms with van der Waals surface area (Å²) in [6.45, 7) is 4.32. The van der Waals surface area contributed by atoms with E-state index in [1.165, 1.54) is 0 Å². The molecule has 0 saturated carbocycles. The minimum absolute atomic E-state index is 0.163. The minimum atomic E-state index is -3.49. The van der Waals surface area contributed by atoms with Crippen molar-refractivity contribution >= 4 is 15.7 Å². The van der Waals surface area contributed by atoms with E-state index in [0.29, 0.717) is 13.0 Å². The van der Waals surface area contributed by atoms with Crippen LogP contribution in [0.15, 0.2) is 23.1 Å². The van der Waals surface area contributed by atoms with Crippen LogP contribution >= 0.6 is 0 Å². The molecule has 0 radical (unpaired) electrons. The van der Waals surface area contributed by atoms with Gasteiger partial charge in [0.1, 0.15) is 0 Å². The molecule has 0 saturated heterocycles. The summed E-state index contributed by atoms with van der Waals surface area (Å²) in [4.78, 5) is 2.19. The van der Waals surface area contributed by atoms with Gasteiger partial charge in [-0.2, -0.15) is 0 Å². The van der Waals surface area contributed by atoms with Crippen LogP contribution in [0.2, 0.25) is 0 Å². The Labute approximate surface area is 122 Å². The minimum Gasteiger partial charge on any atom is -0.385 e. The summed E-state index contributed by atoms with van der Waals surface area (Å²) in [5, 5.41) is 0. The third-order valence-corrected chi connectivity index (χ3v) is 4.67. The predicted molar refractivity (Wildman–Crippen MR) is 81.8 cm³/mol. The fourth-order valence-electron chi connectivity index (χ4n) is 1.92. The highest BCUT2D eigenvalue weighted by Gasteiger charge is 2.18. The molecule has 1 atom stereocenters. The standard InChI is InChI=1S/C14H24N2O3S/c1-11-6-7-13(10-14(11)16(3)4)20(17,18)15-12(2)8-9-19-5/h6-7,10,12,15H,8-9H2,1-5H3/t12-/m0/s1. The Kier molecular flexibility index (Phi) is 5.98. The maximum Gasteiger partial charge on any atom is 0.240 e. The maximum absolute atomic E-state index is 12.3. The van der Waals surface area contributed by atoms with Crippen LogP contribution in [-0.2, 0) is 14.8 Å². The van der Waals surface area contributed by atoms with Gasteiger partial charge in [-0.05, 0) is 38.0 Å². The Morgan fingerprint density at radius 3 is 2.55 bits per heavy atom. The van der Waals surface area contributed by atoms with Gasteiger partial charge in [-0.3, -0.25) is 0 Å². The van der Waals surface area contributed by atoms with E-state index in [1.807, 2.05) is 38.9 Å². The van der Waals surface area contributed by atoms with Gasteiger partial charge in [-0.15, -0.1) is 0 Å². The van der Waals surface area contributed by atoms with Crippen LogP contribution in [0.4, 0.5) is 5.69 Å². The average Bonchev–Trinajstić information content (AvgIpc) is 2.35. The van der Waals surface area contributed by atoms with Gasteiger partial charge in [0.15, 0.2) is 0 Å². The van der Waals surface area contributed by atoms with Crippen LogP contribution < -0.4 is 9.62 Å². The number of anilines is 1. The van der Waals surface area contributed by atoms with Crippen molar-refractivity contribution in [3.63, 3.8) is 0 Å². The second-order valence-corrected chi connectivity index (χ2v) is 6.86. The van der Waals surface area contributed by atoms with Crippen LogP contribution in [-0.4, -0.2) is 42.3 Å². The number of methoxy groups -OCH3 is 1. The molecular weight excluding hydrogens is 276 g/mol. The van der Waals surface area contributed by atoms with Crippen LogP contribution in [0.3, 0.4) is 0 Å². The van der Waals surface area contributed by atoms with E-state index in [1.54, 1.807) is 19.2 Å². The molecule has 1 aromatic carbocycles. The molecular formula is C14H24N2O3S. The van der Waals surface area contributed by atoms with Gasteiger partial charge >= 0.3 is 0 Å². The van der Waals surface area contributed by atoms with Gasteiger partial charge in [0.2, 0.25) is 10.0 Å². The smallest absolute Gasteiger partial charge is 0.240 e. The van der Waals surface area contributed by atoms with Crippen LogP contribution in [0, 0.1) is 6.92 Å². The first-order valence-corrected chi connectivity index (χ1v) is 8.05. The van der Waals surface area contributed by atoms with Crippen LogP contribution in [0.1, 0.15) is 18.9 Å². The summed E-state index contributed by atoms with van der Waals surface area (Å²) >= 11 is 0. The zero-order valence-electron chi connectivity index (χ0n) is 12.8. The zero-order valence-corrected chi connectivity index (χ0v) is 13.6. The molecule has 0 amide bonds. The van der Waals surface area contributed by atoms with E-state index in [4.69, 9.17) is 4.74 Å². The molecule has 1 aromatic rings. The van der Waals surface area contributed by atoms with Gasteiger partial charge in [0.05, 0.1) is 4.90 Å². The number of aryl methyl sites for hydroxylation is 1. The van der Waals surface area contributed by atoms with Crippen molar-refractivity contribution in [2.24, 2.45) is 0 Å². The van der Waals surface area contributed by atoms with Gasteiger partial charge < -0.3 is 9.64 Å². The first-order chi connectivity index (χ1) is 9.27. The lowest BCUT2D eigenvalue weighted by molar-refractivity contribution is 0.188. The summed E-state index contributed by atoms with van der Waals surface area (Å²) in [6, 6.07) is 4.99. The van der Waals surface area contributed by atoms with Crippen LogP contribution in [0.5, 0.6) is 0 Å². The molecule has 0 fully saturated rings. The van der Waals surface area contributed by atoms with Gasteiger partial charge in [0.25, 0.3) is 0 Å². The molecule has 0 aliphatic rings. The van der Waals surface area contributed by atoms with Crippen molar-refractivity contribution in [1.29, 1.82) is 0 Å². The molecule has 1 N–H and O–H groups in total. The molecule has 0 spiro atoms. The maximum atomic E-state index is 12.3. The monoisotopic (exact) mass is 300 g/mol. The average molecular weight is 300 g/mol. The molecule has 114 valence electrons. The summed E-state index contributed by atoms with van der Waals surface area (Å²) in [5.74, 6) is 0. The number of hydrogen-bond donors (Lipinski definition) is 1. The molecule has 0 bridgehead atoms. The highest BCUT2D eigenvalue weighted by molar-refractivity contribution is 7.89. The SMILES string of the molecule is COCC[C@H](C)NS(=O)(=O)c1ccc(C)c(N(C)C)c1. The largest absolute Gasteiger partial charge is 0.385 e. The van der Waals surface area contributed by atoms with E-state index >= 15 is 0 Å². The van der Waals surface area contributed by atoms with Gasteiger partial charge in [-0.1, -0.05) is 6.07 Å². The first kappa shape index (κ1) is 16.9. The summed E-state index contributed by atoms with van der Waals surface area (Å²) in [5.41, 5.74) is 1.94. The molecule has 0 heterocycles. The third kappa shape index (κ3) is 4.47. The normalized spacial score (nSPS) is 13.2. The van der Waals surface area contributed by atoms with E-state index in [2.05, 4.69) is 4.72 Å². The van der Waals surface area contributed by atoms with Gasteiger partial charge in [-0.25, -0.2) is 13.1 Å². The predicted octanol–water partition coefficient (Wildman–Crippen LogP) is 1.76. The molecule has 0 aliphatic carbocycles. The number of nitrogens with zero attached hydrogens (tertiary/aromatic N) is 1. The second-order valence-electron chi connectivity index (χ2n) is 5.15. The quantitative estimate of drug-likeness (QED) is 0.833. The summed E-state index contributed by atoms with van der Waals surface area (Å²) in [6.07, 6.45) is 0.641. The fraction of sp³-hybridized carbons (Fsp3) is 0.571. The van der Waals surface area contributed by atoms with Crippen molar-refractivity contribution in [1.82, 2.24) is 4.72 Å². The molecule has 20 heavy (non-hydrogen) atoms. The molecule has 6 heteroatoms. The number of nitrogens with one attached hydrogen (secondary N) is 1. The van der Waals surface area contributed by atoms with E-state index in [9.17, 15) is 8.42 Å². The number of ether oxygens (including phenoxy) is 1. The van der Waals surface area contributed by atoms with Crippen molar-refractivity contribution in [3.05, 3.63) is 23.8 Å². The zero-order chi connectivity index (χ0) is 15.3. The van der Waals surface area contributed by atoms with Crippen molar-refractivity contribution in [2.45, 2.75) is 31.2 Å². The second kappa shape index (κ2) is 7.06. The van der Waals surface area contributed by atoms with Gasteiger partial charge in [0, 0.05) is 39.5 Å². The van der Waals surface area contributed by atoms with Crippen LogP contribution in [0.25, 0.3) is 0 Å². The lowest BCUT2D eigenvalue weighted by Crippen LogP contribution is -2.33. The van der Waals surface area contributed by atoms with Crippen molar-refractivity contribution < 1.29 is 13.2 Å². The lowest BCUT2D eigenvalue weighted by Gasteiger charge is -2.18. The molecule has 0 unspecified atom stereocenters. The Bertz CT molecular complexity index is 541. The highest BCUT2D eigenvalue weighted by atomic mass is 32.2. The number of benzene rings is 1. The Hall–Kier alpha value is -1.11. The Morgan fingerprint density at radius 2 is 2.00 bits per heavy atom. The fourth-order valence-corrected chi connectivity index (χ4v) is 3.22. The number of sulfonamides is 1. The van der Waals surface area contributed by atoms with Crippen molar-refractivity contribution in [2.75, 3.05) is 32.7 Å². The van der Waals surface area contributed by atoms with E-state index in [0.717, 1.165) is 11.3 Å². The summed E-state index contributed by atoms with van der Waals surface area (Å²) < 4.78 is 32.3. The van der Waals surface area contributed by atoms with E-state index in [-0.39, 0.29) is 10.9 Å². The molecule has 1 rings (SSSR count).